The molecule has 0 saturated carbocycles. The van der Waals surface area contributed by atoms with Gasteiger partial charge in [-0.3, -0.25) is 0 Å². The van der Waals surface area contributed by atoms with Crippen molar-refractivity contribution in [2.45, 2.75) is 4.83 Å². The van der Waals surface area contributed by atoms with Crippen molar-refractivity contribution in [2.24, 2.45) is 0 Å². The molecule has 2 heterocycles. The Kier molecular flexibility index (Phi) is 4.15. The van der Waals surface area contributed by atoms with Crippen LogP contribution in [-0.4, -0.2) is 0 Å². The van der Waals surface area contributed by atoms with Crippen LogP contribution < -0.4 is 0 Å². The highest BCUT2D eigenvalue weighted by molar-refractivity contribution is 14.1. The first-order valence-electron chi connectivity index (χ1n) is 5.20. The number of halogens is 3. The average molecular weight is 514 g/mol. The van der Waals surface area contributed by atoms with Crippen LogP contribution in [0.2, 0.25) is 0 Å². The normalized spacial score (nSPS) is 13.1. The zero-order valence-electron chi connectivity index (χ0n) is 8.99. The number of hydrogen-bond acceptors (Lipinski definition) is 2. The second kappa shape index (κ2) is 5.52. The van der Waals surface area contributed by atoms with Gasteiger partial charge in [-0.15, -0.1) is 22.7 Å². The predicted octanol–water partition coefficient (Wildman–Crippen LogP) is 6.81. The lowest BCUT2D eigenvalue weighted by molar-refractivity contribution is 1.23. The summed E-state index contributed by atoms with van der Waals surface area (Å²) in [5.74, 6) is 0. The van der Waals surface area contributed by atoms with Crippen molar-refractivity contribution in [2.75, 3.05) is 0 Å². The number of hydrogen-bond donors (Lipinski definition) is 0. The van der Waals surface area contributed by atoms with Crippen molar-refractivity contribution < 1.29 is 0 Å². The Hall–Kier alpha value is 0.570. The molecule has 0 bridgehead atoms. The number of thiophene rings is 2. The molecular weight excluding hydrogens is 507 g/mol. The Bertz CT molecular complexity index is 702. The molecule has 92 valence electrons. The van der Waals surface area contributed by atoms with Gasteiger partial charge in [-0.25, -0.2) is 0 Å². The van der Waals surface area contributed by atoms with Gasteiger partial charge in [0.1, 0.15) is 0 Å². The van der Waals surface area contributed by atoms with Crippen molar-refractivity contribution >= 4 is 87.2 Å². The smallest absolute Gasteiger partial charge is 0.0667 e. The minimum Gasteiger partial charge on any atom is -0.142 e. The van der Waals surface area contributed by atoms with E-state index in [9.17, 15) is 0 Å². The Morgan fingerprint density at radius 2 is 2.00 bits per heavy atom. The summed E-state index contributed by atoms with van der Waals surface area (Å²) >= 11 is 13.4. The molecule has 3 aromatic rings. The fraction of sp³-hybridized carbons (Fsp3) is 0.0769. The van der Waals surface area contributed by atoms with Gasteiger partial charge >= 0.3 is 0 Å². The van der Waals surface area contributed by atoms with Crippen LogP contribution in [0, 0.1) is 2.88 Å². The molecule has 1 unspecified atom stereocenters. The van der Waals surface area contributed by atoms with Crippen LogP contribution in [0.4, 0.5) is 0 Å². The first kappa shape index (κ1) is 13.5. The molecule has 0 N–H and O–H groups in total. The summed E-state index contributed by atoms with van der Waals surface area (Å²) in [6.07, 6.45) is 0. The van der Waals surface area contributed by atoms with E-state index in [0.29, 0.717) is 0 Å². The van der Waals surface area contributed by atoms with E-state index in [2.05, 4.69) is 89.5 Å². The molecule has 0 aliphatic carbocycles. The fourth-order valence-corrected chi connectivity index (χ4v) is 5.91. The molecule has 0 aliphatic heterocycles. The molecule has 18 heavy (non-hydrogen) atoms. The van der Waals surface area contributed by atoms with Crippen molar-refractivity contribution in [3.05, 3.63) is 53.5 Å². The van der Waals surface area contributed by atoms with Gasteiger partial charge < -0.3 is 0 Å². The SMILES string of the molecule is Brc1cccc2c(C(Br)c3csc(I)c3)csc12. The summed E-state index contributed by atoms with van der Waals surface area (Å²) < 4.78 is 3.82. The summed E-state index contributed by atoms with van der Waals surface area (Å²) in [7, 11) is 0. The topological polar surface area (TPSA) is 0 Å². The maximum atomic E-state index is 3.83. The van der Waals surface area contributed by atoms with Gasteiger partial charge in [0.25, 0.3) is 0 Å². The first-order valence-corrected chi connectivity index (χ1v) is 9.75. The summed E-state index contributed by atoms with van der Waals surface area (Å²) in [5.41, 5.74) is 2.69. The lowest BCUT2D eigenvalue weighted by Crippen LogP contribution is -1.88. The van der Waals surface area contributed by atoms with E-state index in [4.69, 9.17) is 0 Å². The molecule has 1 aromatic carbocycles. The van der Waals surface area contributed by atoms with Crippen LogP contribution in [0.3, 0.4) is 0 Å². The zero-order valence-corrected chi connectivity index (χ0v) is 16.0. The quantitative estimate of drug-likeness (QED) is 0.261. The molecular formula is C13H7Br2IS2. The third-order valence-corrected chi connectivity index (χ3v) is 7.53. The van der Waals surface area contributed by atoms with Crippen molar-refractivity contribution in [1.82, 2.24) is 0 Å². The number of alkyl halides is 1. The summed E-state index contributed by atoms with van der Waals surface area (Å²) in [4.78, 5) is 0.278. The number of fused-ring (bicyclic) bond motifs is 1. The van der Waals surface area contributed by atoms with Gasteiger partial charge in [0.15, 0.2) is 0 Å². The minimum atomic E-state index is 0.278. The van der Waals surface area contributed by atoms with Gasteiger partial charge in [0.05, 0.1) is 7.71 Å². The molecule has 0 amide bonds. The van der Waals surface area contributed by atoms with Gasteiger partial charge in [-0.2, -0.15) is 0 Å². The third-order valence-electron chi connectivity index (χ3n) is 2.74. The molecule has 2 aromatic heterocycles. The summed E-state index contributed by atoms with van der Waals surface area (Å²) in [6.45, 7) is 0. The largest absolute Gasteiger partial charge is 0.142 e. The van der Waals surface area contributed by atoms with Gasteiger partial charge in [-0.05, 0) is 77.9 Å². The van der Waals surface area contributed by atoms with E-state index < -0.39 is 0 Å². The maximum Gasteiger partial charge on any atom is 0.0667 e. The second-order valence-corrected chi connectivity index (χ2v) is 9.31. The van der Waals surface area contributed by atoms with E-state index in [1.807, 2.05) is 0 Å². The minimum absolute atomic E-state index is 0.278. The fourth-order valence-electron chi connectivity index (χ4n) is 1.87. The van der Waals surface area contributed by atoms with Crippen LogP contribution in [0.25, 0.3) is 10.1 Å². The Labute approximate surface area is 144 Å². The molecule has 3 rings (SSSR count). The molecule has 0 saturated heterocycles. The second-order valence-electron chi connectivity index (χ2n) is 3.85. The van der Waals surface area contributed by atoms with E-state index in [0.717, 1.165) is 0 Å². The van der Waals surface area contributed by atoms with Crippen molar-refractivity contribution in [1.29, 1.82) is 0 Å². The molecule has 0 fully saturated rings. The van der Waals surface area contributed by atoms with E-state index >= 15 is 0 Å². The lowest BCUT2D eigenvalue weighted by atomic mass is 10.1. The van der Waals surface area contributed by atoms with Crippen LogP contribution in [0.15, 0.2) is 39.5 Å². The third kappa shape index (κ3) is 2.44. The Morgan fingerprint density at radius 3 is 2.72 bits per heavy atom. The standard InChI is InChI=1S/C13H7Br2IS2/c14-10-3-1-2-8-9(6-18-13(8)10)12(15)7-4-11(16)17-5-7/h1-6,12H. The predicted molar refractivity (Wildman–Crippen MR) is 97.3 cm³/mol. The average Bonchev–Trinajstić information content (AvgIpc) is 2.95. The number of benzene rings is 1. The van der Waals surface area contributed by atoms with Gasteiger partial charge in [-0.1, -0.05) is 28.1 Å². The van der Waals surface area contributed by atoms with E-state index in [1.165, 1.54) is 28.6 Å². The molecule has 1 atom stereocenters. The van der Waals surface area contributed by atoms with Gasteiger partial charge in [0, 0.05) is 9.17 Å². The van der Waals surface area contributed by atoms with E-state index in [-0.39, 0.29) is 4.83 Å². The van der Waals surface area contributed by atoms with Crippen LogP contribution >= 0.6 is 77.1 Å². The Morgan fingerprint density at radius 1 is 1.17 bits per heavy atom. The van der Waals surface area contributed by atoms with Crippen LogP contribution in [0.5, 0.6) is 0 Å². The van der Waals surface area contributed by atoms with Crippen LogP contribution in [0.1, 0.15) is 16.0 Å². The van der Waals surface area contributed by atoms with Crippen molar-refractivity contribution in [3.8, 4) is 0 Å². The lowest BCUT2D eigenvalue weighted by Gasteiger charge is -2.07. The maximum absolute atomic E-state index is 3.83. The number of rotatable bonds is 2. The van der Waals surface area contributed by atoms with Crippen molar-refractivity contribution in [3.63, 3.8) is 0 Å². The summed E-state index contributed by atoms with van der Waals surface area (Å²) in [6, 6.07) is 8.63. The molecule has 0 aliphatic rings. The van der Waals surface area contributed by atoms with Gasteiger partial charge in [0.2, 0.25) is 0 Å². The highest BCUT2D eigenvalue weighted by Crippen LogP contribution is 2.41. The first-order chi connectivity index (χ1) is 8.66. The Balaban J connectivity index is 2.12. The highest BCUT2D eigenvalue weighted by atomic mass is 127. The molecule has 0 radical (unpaired) electrons. The molecule has 0 spiro atoms. The monoisotopic (exact) mass is 512 g/mol. The molecule has 0 nitrogen and oxygen atoms in total. The van der Waals surface area contributed by atoms with Crippen LogP contribution in [-0.2, 0) is 0 Å². The van der Waals surface area contributed by atoms with E-state index in [1.54, 1.807) is 22.7 Å². The summed E-state index contributed by atoms with van der Waals surface area (Å²) in [5, 5.41) is 5.81. The highest BCUT2D eigenvalue weighted by Gasteiger charge is 2.17. The zero-order chi connectivity index (χ0) is 12.7. The molecule has 5 heteroatoms.